The molecule has 1 aromatic carbocycles. The van der Waals surface area contributed by atoms with E-state index in [1.807, 2.05) is 16.9 Å². The van der Waals surface area contributed by atoms with Gasteiger partial charge in [-0.05, 0) is 48.1 Å². The molecule has 0 saturated carbocycles. The van der Waals surface area contributed by atoms with Crippen LogP contribution in [0.5, 0.6) is 5.88 Å². The minimum atomic E-state index is 0.0597. The summed E-state index contributed by atoms with van der Waals surface area (Å²) in [5, 5.41) is 4.98. The van der Waals surface area contributed by atoms with Crippen LogP contribution < -0.4 is 4.74 Å². The minimum absolute atomic E-state index is 0.0597. The Bertz CT molecular complexity index is 979. The van der Waals surface area contributed by atoms with Gasteiger partial charge in [-0.1, -0.05) is 29.8 Å². The van der Waals surface area contributed by atoms with E-state index in [0.29, 0.717) is 17.6 Å². The smallest absolute Gasteiger partial charge is 0.222 e. The number of nitrogens with zero attached hydrogens (tertiary/aromatic N) is 3. The molecule has 2 aromatic heterocycles. The molecule has 0 aliphatic carbocycles. The molecule has 3 aromatic rings. The van der Waals surface area contributed by atoms with Crippen molar-refractivity contribution in [1.82, 2.24) is 14.8 Å². The normalized spacial score (nSPS) is 18.9. The highest BCUT2D eigenvalue weighted by Gasteiger charge is 2.19. The Morgan fingerprint density at radius 2 is 1.96 bits per heavy atom. The molecule has 1 saturated heterocycles. The molecule has 2 aliphatic rings. The Morgan fingerprint density at radius 3 is 2.85 bits per heavy atom. The highest BCUT2D eigenvalue weighted by Crippen LogP contribution is 2.37. The van der Waals surface area contributed by atoms with Gasteiger partial charge in [0, 0.05) is 30.4 Å². The first-order valence-corrected chi connectivity index (χ1v) is 9.74. The maximum absolute atomic E-state index is 6.02. The average molecular weight is 382 g/mol. The van der Waals surface area contributed by atoms with Gasteiger partial charge in [-0.2, -0.15) is 5.10 Å². The number of hydrogen-bond donors (Lipinski definition) is 0. The van der Waals surface area contributed by atoms with Crippen molar-refractivity contribution in [3.05, 3.63) is 53.4 Å². The first-order valence-electron chi connectivity index (χ1n) is 9.37. The molecule has 5 rings (SSSR count). The summed E-state index contributed by atoms with van der Waals surface area (Å²) < 4.78 is 13.6. The molecular formula is C21H20ClN3O2. The maximum atomic E-state index is 6.02. The lowest BCUT2D eigenvalue weighted by atomic mass is 9.95. The van der Waals surface area contributed by atoms with Gasteiger partial charge >= 0.3 is 0 Å². The third-order valence-corrected chi connectivity index (χ3v) is 5.43. The quantitative estimate of drug-likeness (QED) is 0.592. The fourth-order valence-corrected chi connectivity index (χ4v) is 3.95. The second kappa shape index (κ2) is 6.98. The van der Waals surface area contributed by atoms with Crippen LogP contribution in [0.15, 0.2) is 42.7 Å². The second-order valence-electron chi connectivity index (χ2n) is 6.99. The van der Waals surface area contributed by atoms with Crippen molar-refractivity contribution in [2.45, 2.75) is 31.9 Å². The number of pyridine rings is 1. The molecule has 2 aliphatic heterocycles. The third kappa shape index (κ3) is 3.22. The molecule has 4 heterocycles. The Kier molecular flexibility index (Phi) is 4.34. The van der Waals surface area contributed by atoms with Crippen molar-refractivity contribution < 1.29 is 9.47 Å². The van der Waals surface area contributed by atoms with Crippen molar-refractivity contribution in [2.75, 3.05) is 13.2 Å². The first kappa shape index (κ1) is 16.8. The number of halogens is 1. The van der Waals surface area contributed by atoms with E-state index in [9.17, 15) is 0 Å². The number of benzene rings is 1. The molecule has 1 fully saturated rings. The molecule has 1 atom stereocenters. The number of rotatable bonds is 2. The van der Waals surface area contributed by atoms with E-state index in [1.165, 1.54) is 12.0 Å². The van der Waals surface area contributed by atoms with E-state index < -0.39 is 0 Å². The first-order chi connectivity index (χ1) is 13.3. The van der Waals surface area contributed by atoms with Crippen LogP contribution in [0.4, 0.5) is 0 Å². The Hall–Kier alpha value is -2.37. The predicted octanol–water partition coefficient (Wildman–Crippen LogP) is 4.90. The summed E-state index contributed by atoms with van der Waals surface area (Å²) in [5.74, 6) is 0.608. The highest BCUT2D eigenvalue weighted by atomic mass is 35.5. The lowest BCUT2D eigenvalue weighted by Crippen LogP contribution is -2.18. The zero-order valence-electron chi connectivity index (χ0n) is 14.9. The fourth-order valence-electron chi connectivity index (χ4n) is 3.81. The van der Waals surface area contributed by atoms with E-state index in [0.717, 1.165) is 48.1 Å². The zero-order valence-corrected chi connectivity index (χ0v) is 15.7. The van der Waals surface area contributed by atoms with Crippen molar-refractivity contribution >= 4 is 11.6 Å². The minimum Gasteiger partial charge on any atom is -0.477 e. The number of fused-ring (bicyclic) bond motifs is 3. The molecule has 0 amide bonds. The molecule has 1 unspecified atom stereocenters. The van der Waals surface area contributed by atoms with E-state index in [2.05, 4.69) is 34.5 Å². The van der Waals surface area contributed by atoms with E-state index in [4.69, 9.17) is 21.1 Å². The summed E-state index contributed by atoms with van der Waals surface area (Å²) in [6.07, 6.45) is 8.24. The van der Waals surface area contributed by atoms with Gasteiger partial charge in [0.05, 0.1) is 12.8 Å². The van der Waals surface area contributed by atoms with Crippen LogP contribution in [0.25, 0.3) is 22.3 Å². The van der Waals surface area contributed by atoms with Crippen LogP contribution in [0.1, 0.15) is 31.1 Å². The molecule has 0 radical (unpaired) electrons. The molecule has 0 spiro atoms. The molecule has 5 nitrogen and oxygen atoms in total. The fraction of sp³-hybridized carbons (Fsp3) is 0.333. The van der Waals surface area contributed by atoms with Crippen molar-refractivity contribution in [3.63, 3.8) is 0 Å². The van der Waals surface area contributed by atoms with Gasteiger partial charge in [0.1, 0.15) is 11.4 Å². The largest absolute Gasteiger partial charge is 0.477 e. The maximum Gasteiger partial charge on any atom is 0.222 e. The van der Waals surface area contributed by atoms with Crippen LogP contribution in [-0.4, -0.2) is 28.0 Å². The van der Waals surface area contributed by atoms with Gasteiger partial charge in [0.25, 0.3) is 0 Å². The molecule has 0 bridgehead atoms. The van der Waals surface area contributed by atoms with Gasteiger partial charge < -0.3 is 9.47 Å². The topological polar surface area (TPSA) is 49.2 Å². The van der Waals surface area contributed by atoms with Crippen LogP contribution in [0, 0.1) is 0 Å². The van der Waals surface area contributed by atoms with Crippen LogP contribution in [0.2, 0.25) is 5.15 Å². The van der Waals surface area contributed by atoms with Crippen molar-refractivity contribution in [1.29, 1.82) is 0 Å². The Labute approximate surface area is 162 Å². The van der Waals surface area contributed by atoms with Gasteiger partial charge in [-0.25, -0.2) is 9.67 Å². The Morgan fingerprint density at radius 1 is 1.04 bits per heavy atom. The lowest BCUT2D eigenvalue weighted by molar-refractivity contribution is -0.0394. The van der Waals surface area contributed by atoms with Crippen molar-refractivity contribution in [3.8, 4) is 28.1 Å². The van der Waals surface area contributed by atoms with Gasteiger partial charge in [-0.15, -0.1) is 0 Å². The predicted molar refractivity (Wildman–Crippen MR) is 104 cm³/mol. The summed E-state index contributed by atoms with van der Waals surface area (Å²) in [5.41, 5.74) is 5.65. The lowest BCUT2D eigenvalue weighted by Gasteiger charge is -2.22. The van der Waals surface area contributed by atoms with Crippen LogP contribution >= 0.6 is 11.6 Å². The number of aromatic nitrogens is 3. The van der Waals surface area contributed by atoms with Crippen molar-refractivity contribution in [2.24, 2.45) is 0 Å². The number of ether oxygens (including phenoxy) is 2. The van der Waals surface area contributed by atoms with Gasteiger partial charge in [0.2, 0.25) is 5.88 Å². The molecule has 6 heteroatoms. The van der Waals surface area contributed by atoms with E-state index >= 15 is 0 Å². The standard InChI is InChI=1S/C21H20ClN3O2/c22-19-7-6-18-17-5-4-14(11-15(17)8-10-27-21(18)24-19)16-12-23-25(13-16)20-3-1-2-9-26-20/h4-7,11-13,20H,1-3,8-10H2. The average Bonchev–Trinajstić information content (AvgIpc) is 3.12. The molecule has 138 valence electrons. The monoisotopic (exact) mass is 381 g/mol. The van der Waals surface area contributed by atoms with E-state index in [1.54, 1.807) is 6.07 Å². The SMILES string of the molecule is Clc1ccc2c(n1)OCCc1cc(-c3cnn(C4CCCCO4)c3)ccc1-2. The highest BCUT2D eigenvalue weighted by molar-refractivity contribution is 6.29. The summed E-state index contributed by atoms with van der Waals surface area (Å²) in [6.45, 7) is 1.40. The summed E-state index contributed by atoms with van der Waals surface area (Å²) >= 11 is 6.02. The Balaban J connectivity index is 1.49. The van der Waals surface area contributed by atoms with Crippen LogP contribution in [-0.2, 0) is 11.2 Å². The summed E-state index contributed by atoms with van der Waals surface area (Å²) in [7, 11) is 0. The van der Waals surface area contributed by atoms with E-state index in [-0.39, 0.29) is 6.23 Å². The molecule has 0 N–H and O–H groups in total. The summed E-state index contributed by atoms with van der Waals surface area (Å²) in [4.78, 5) is 4.32. The van der Waals surface area contributed by atoms with Crippen LogP contribution in [0.3, 0.4) is 0 Å². The second-order valence-corrected chi connectivity index (χ2v) is 7.37. The zero-order chi connectivity index (χ0) is 18.2. The third-order valence-electron chi connectivity index (χ3n) is 5.22. The van der Waals surface area contributed by atoms with Gasteiger partial charge in [0.15, 0.2) is 0 Å². The molecule has 27 heavy (non-hydrogen) atoms. The van der Waals surface area contributed by atoms with Gasteiger partial charge in [-0.3, -0.25) is 0 Å². The summed E-state index contributed by atoms with van der Waals surface area (Å²) in [6, 6.07) is 10.3. The molecular weight excluding hydrogens is 362 g/mol. The number of hydrogen-bond acceptors (Lipinski definition) is 4.